The van der Waals surface area contributed by atoms with Gasteiger partial charge in [0.15, 0.2) is 0 Å². The average Bonchev–Trinajstić information content (AvgIpc) is 2.63. The third-order valence-corrected chi connectivity index (χ3v) is 4.10. The molecule has 2 aromatic heterocycles. The topological polar surface area (TPSA) is 33.1 Å². The molecule has 1 N–H and O–H groups in total. The highest BCUT2D eigenvalue weighted by Crippen LogP contribution is 2.30. The minimum absolute atomic E-state index is 0.435. The van der Waals surface area contributed by atoms with Crippen LogP contribution in [-0.2, 0) is 12.0 Å². The maximum absolute atomic E-state index is 13.1. The van der Waals surface area contributed by atoms with Crippen molar-refractivity contribution in [2.45, 2.75) is 18.9 Å². The molecule has 0 spiro atoms. The van der Waals surface area contributed by atoms with E-state index in [0.717, 1.165) is 14.9 Å². The van der Waals surface area contributed by atoms with Crippen molar-refractivity contribution in [3.05, 3.63) is 50.6 Å². The van der Waals surface area contributed by atoms with Crippen LogP contribution >= 0.6 is 27.3 Å². The first kappa shape index (κ1) is 12.7. The van der Waals surface area contributed by atoms with Gasteiger partial charge in [0, 0.05) is 23.1 Å². The van der Waals surface area contributed by atoms with E-state index in [4.69, 9.17) is 0 Å². The van der Waals surface area contributed by atoms with Crippen LogP contribution in [0, 0.1) is 5.82 Å². The van der Waals surface area contributed by atoms with Crippen LogP contribution in [0.4, 0.5) is 4.39 Å². The maximum Gasteiger partial charge on any atom is 0.141 e. The van der Waals surface area contributed by atoms with Gasteiger partial charge < -0.3 is 5.11 Å². The third-order valence-electron chi connectivity index (χ3n) is 2.47. The van der Waals surface area contributed by atoms with Crippen molar-refractivity contribution in [3.8, 4) is 0 Å². The van der Waals surface area contributed by atoms with E-state index >= 15 is 0 Å². The van der Waals surface area contributed by atoms with E-state index in [9.17, 15) is 9.50 Å². The molecule has 1 atom stereocenters. The van der Waals surface area contributed by atoms with Crippen molar-refractivity contribution < 1.29 is 9.50 Å². The van der Waals surface area contributed by atoms with Crippen molar-refractivity contribution in [2.24, 2.45) is 0 Å². The second kappa shape index (κ2) is 4.84. The summed E-state index contributed by atoms with van der Waals surface area (Å²) in [5.41, 5.74) is -0.624. The molecule has 0 aliphatic rings. The second-order valence-corrected chi connectivity index (χ2v) is 6.60. The van der Waals surface area contributed by atoms with E-state index < -0.39 is 11.4 Å². The average molecular weight is 316 g/mol. The number of hydrogen-bond acceptors (Lipinski definition) is 3. The molecule has 0 aliphatic heterocycles. The van der Waals surface area contributed by atoms with E-state index in [-0.39, 0.29) is 0 Å². The Bertz CT molecular complexity index is 527. The van der Waals surface area contributed by atoms with Gasteiger partial charge in [0.2, 0.25) is 0 Å². The van der Waals surface area contributed by atoms with Gasteiger partial charge in [-0.2, -0.15) is 0 Å². The Balaban J connectivity index is 2.24. The van der Waals surface area contributed by atoms with E-state index in [2.05, 4.69) is 20.9 Å². The van der Waals surface area contributed by atoms with E-state index in [1.165, 1.54) is 12.3 Å². The molecule has 2 rings (SSSR count). The van der Waals surface area contributed by atoms with Crippen molar-refractivity contribution in [3.63, 3.8) is 0 Å². The van der Waals surface area contributed by atoms with Gasteiger partial charge in [-0.25, -0.2) is 4.39 Å². The molecule has 0 aromatic carbocycles. The molecule has 0 saturated heterocycles. The molecule has 5 heteroatoms. The SMILES string of the molecule is CC(O)(Cc1ccc(Br)s1)c1cncc(F)c1. The van der Waals surface area contributed by atoms with Crippen LogP contribution < -0.4 is 0 Å². The summed E-state index contributed by atoms with van der Waals surface area (Å²) in [6.45, 7) is 1.66. The fraction of sp³-hybridized carbons (Fsp3) is 0.250. The third kappa shape index (κ3) is 3.12. The zero-order valence-electron chi connectivity index (χ0n) is 9.15. The minimum Gasteiger partial charge on any atom is -0.385 e. The van der Waals surface area contributed by atoms with Crippen molar-refractivity contribution >= 4 is 27.3 Å². The molecular weight excluding hydrogens is 305 g/mol. The Morgan fingerprint density at radius 1 is 1.47 bits per heavy atom. The van der Waals surface area contributed by atoms with Crippen LogP contribution in [0.15, 0.2) is 34.4 Å². The number of aliphatic hydroxyl groups is 1. The van der Waals surface area contributed by atoms with Crippen LogP contribution in [0.5, 0.6) is 0 Å². The number of thiophene rings is 1. The summed E-state index contributed by atoms with van der Waals surface area (Å²) in [5, 5.41) is 10.4. The van der Waals surface area contributed by atoms with Crippen LogP contribution in [0.2, 0.25) is 0 Å². The summed E-state index contributed by atoms with van der Waals surface area (Å²) < 4.78 is 14.1. The standard InChI is InChI=1S/C12H11BrFNOS/c1-12(16,5-10-2-3-11(13)17-10)8-4-9(14)7-15-6-8/h2-4,6-7,16H,5H2,1H3. The van der Waals surface area contributed by atoms with Gasteiger partial charge >= 0.3 is 0 Å². The molecule has 0 radical (unpaired) electrons. The first-order valence-corrected chi connectivity index (χ1v) is 6.66. The summed E-state index contributed by atoms with van der Waals surface area (Å²) >= 11 is 4.93. The maximum atomic E-state index is 13.1. The van der Waals surface area contributed by atoms with Gasteiger partial charge in [-0.15, -0.1) is 11.3 Å². The molecule has 0 saturated carbocycles. The lowest BCUT2D eigenvalue weighted by Gasteiger charge is -2.22. The Kier molecular flexibility index (Phi) is 3.61. The molecule has 2 aromatic rings. The zero-order chi connectivity index (χ0) is 12.5. The lowest BCUT2D eigenvalue weighted by atomic mass is 9.93. The molecule has 90 valence electrons. The molecule has 0 aliphatic carbocycles. The predicted molar refractivity (Wildman–Crippen MR) is 69.5 cm³/mol. The number of hydrogen-bond donors (Lipinski definition) is 1. The summed E-state index contributed by atoms with van der Waals surface area (Å²) in [5.74, 6) is -0.435. The molecule has 0 amide bonds. The lowest BCUT2D eigenvalue weighted by molar-refractivity contribution is 0.0577. The number of aromatic nitrogens is 1. The predicted octanol–water partition coefficient (Wildman–Crippen LogP) is 3.49. The van der Waals surface area contributed by atoms with Gasteiger partial charge in [0.25, 0.3) is 0 Å². The Hall–Kier alpha value is -0.780. The highest BCUT2D eigenvalue weighted by atomic mass is 79.9. The molecule has 1 unspecified atom stereocenters. The fourth-order valence-electron chi connectivity index (χ4n) is 1.59. The number of nitrogens with zero attached hydrogens (tertiary/aromatic N) is 1. The van der Waals surface area contributed by atoms with Crippen LogP contribution in [0.1, 0.15) is 17.4 Å². The molecule has 0 bridgehead atoms. The van der Waals surface area contributed by atoms with Gasteiger partial charge in [-0.1, -0.05) is 0 Å². The quantitative estimate of drug-likeness (QED) is 0.940. The Morgan fingerprint density at radius 2 is 2.24 bits per heavy atom. The van der Waals surface area contributed by atoms with E-state index in [0.29, 0.717) is 12.0 Å². The normalized spacial score (nSPS) is 14.6. The van der Waals surface area contributed by atoms with Crippen LogP contribution in [0.3, 0.4) is 0 Å². The fourth-order valence-corrected chi connectivity index (χ4v) is 3.23. The monoisotopic (exact) mass is 315 g/mol. The van der Waals surface area contributed by atoms with Gasteiger partial charge in [-0.3, -0.25) is 4.98 Å². The summed E-state index contributed by atoms with van der Waals surface area (Å²) in [6, 6.07) is 5.19. The molecule has 17 heavy (non-hydrogen) atoms. The number of pyridine rings is 1. The Labute approximate surface area is 111 Å². The number of halogens is 2. The highest BCUT2D eigenvalue weighted by Gasteiger charge is 2.25. The first-order valence-electron chi connectivity index (χ1n) is 5.05. The largest absolute Gasteiger partial charge is 0.385 e. The molecule has 2 nitrogen and oxygen atoms in total. The summed E-state index contributed by atoms with van der Waals surface area (Å²) in [4.78, 5) is 4.79. The summed E-state index contributed by atoms with van der Waals surface area (Å²) in [7, 11) is 0. The first-order chi connectivity index (χ1) is 7.97. The van der Waals surface area contributed by atoms with Crippen LogP contribution in [0.25, 0.3) is 0 Å². The van der Waals surface area contributed by atoms with Gasteiger partial charge in [-0.05, 0) is 41.1 Å². The minimum atomic E-state index is -1.11. The molecule has 2 heterocycles. The van der Waals surface area contributed by atoms with Crippen molar-refractivity contribution in [1.29, 1.82) is 0 Å². The van der Waals surface area contributed by atoms with E-state index in [1.807, 2.05) is 12.1 Å². The smallest absolute Gasteiger partial charge is 0.141 e. The lowest BCUT2D eigenvalue weighted by Crippen LogP contribution is -2.24. The molecular formula is C12H11BrFNOS. The molecule has 0 fully saturated rings. The Morgan fingerprint density at radius 3 is 2.82 bits per heavy atom. The zero-order valence-corrected chi connectivity index (χ0v) is 11.6. The van der Waals surface area contributed by atoms with Gasteiger partial charge in [0.05, 0.1) is 15.6 Å². The van der Waals surface area contributed by atoms with Crippen LogP contribution in [-0.4, -0.2) is 10.1 Å². The van der Waals surface area contributed by atoms with E-state index in [1.54, 1.807) is 18.3 Å². The summed E-state index contributed by atoms with van der Waals surface area (Å²) in [6.07, 6.45) is 3.06. The number of rotatable bonds is 3. The highest BCUT2D eigenvalue weighted by molar-refractivity contribution is 9.11. The van der Waals surface area contributed by atoms with Crippen molar-refractivity contribution in [2.75, 3.05) is 0 Å². The second-order valence-electron chi connectivity index (χ2n) is 4.05. The van der Waals surface area contributed by atoms with Crippen molar-refractivity contribution in [1.82, 2.24) is 4.98 Å². The van der Waals surface area contributed by atoms with Gasteiger partial charge in [0.1, 0.15) is 5.82 Å².